The van der Waals surface area contributed by atoms with Crippen molar-refractivity contribution >= 4 is 28.1 Å². The second-order valence-electron chi connectivity index (χ2n) is 3.70. The Morgan fingerprint density at radius 3 is 2.47 bits per heavy atom. The van der Waals surface area contributed by atoms with E-state index in [-0.39, 0.29) is 0 Å². The summed E-state index contributed by atoms with van der Waals surface area (Å²) in [5, 5.41) is 0. The van der Waals surface area contributed by atoms with Gasteiger partial charge in [-0.1, -0.05) is 0 Å². The van der Waals surface area contributed by atoms with Crippen molar-refractivity contribution in [3.8, 4) is 11.3 Å². The topological polar surface area (TPSA) is 12.9 Å². The van der Waals surface area contributed by atoms with Crippen molar-refractivity contribution in [2.45, 2.75) is 13.8 Å². The standard InChI is InChI=1S/C13H12N.Bi/c1-10-7-8-14-13(9-10)12-6-4-3-5-11(12)2;/h3-7,9H,1-2H3;. The summed E-state index contributed by atoms with van der Waals surface area (Å²) in [6, 6.07) is 12.7. The molecule has 0 fully saturated rings. The molecule has 0 spiro atoms. The third-order valence-electron chi connectivity index (χ3n) is 2.38. The van der Waals surface area contributed by atoms with Gasteiger partial charge in [0.1, 0.15) is 0 Å². The van der Waals surface area contributed by atoms with Gasteiger partial charge in [0.25, 0.3) is 0 Å². The van der Waals surface area contributed by atoms with Crippen LogP contribution in [0.15, 0.2) is 36.4 Å². The van der Waals surface area contributed by atoms with E-state index in [1.165, 1.54) is 44.8 Å². The molecule has 0 bridgehead atoms. The average molecular weight is 391 g/mol. The molecule has 0 saturated heterocycles. The predicted octanol–water partition coefficient (Wildman–Crippen LogP) is 2.16. The van der Waals surface area contributed by atoms with Crippen LogP contribution in [0.5, 0.6) is 0 Å². The summed E-state index contributed by atoms with van der Waals surface area (Å²) in [6.45, 7) is 4.25. The molecule has 0 amide bonds. The first kappa shape index (κ1) is 10.8. The number of hydrogen-bond donors (Lipinski definition) is 0. The van der Waals surface area contributed by atoms with Gasteiger partial charge in [-0.15, -0.1) is 0 Å². The van der Waals surface area contributed by atoms with Crippen molar-refractivity contribution in [2.24, 2.45) is 0 Å². The molecule has 0 saturated carbocycles. The van der Waals surface area contributed by atoms with Crippen LogP contribution in [0.3, 0.4) is 0 Å². The van der Waals surface area contributed by atoms with Crippen molar-refractivity contribution in [3.05, 3.63) is 47.5 Å². The van der Waals surface area contributed by atoms with Crippen LogP contribution in [0.2, 0.25) is 0 Å². The van der Waals surface area contributed by atoms with Gasteiger partial charge >= 0.3 is 106 Å². The molecule has 1 aromatic heterocycles. The van der Waals surface area contributed by atoms with Gasteiger partial charge in [0.05, 0.1) is 0 Å². The Kier molecular flexibility index (Phi) is 3.16. The van der Waals surface area contributed by atoms with Crippen molar-refractivity contribution < 1.29 is 0 Å². The normalized spacial score (nSPS) is 10.3. The molecule has 1 aromatic carbocycles. The van der Waals surface area contributed by atoms with E-state index >= 15 is 0 Å². The zero-order valence-corrected chi connectivity index (χ0v) is 12.3. The van der Waals surface area contributed by atoms with Crippen LogP contribution in [0.25, 0.3) is 11.3 Å². The summed E-state index contributed by atoms with van der Waals surface area (Å²) in [5.74, 6) is 0. The molecule has 0 atom stereocenters. The van der Waals surface area contributed by atoms with E-state index in [0.717, 1.165) is 5.69 Å². The van der Waals surface area contributed by atoms with Crippen LogP contribution in [-0.2, 0) is 0 Å². The summed E-state index contributed by atoms with van der Waals surface area (Å²) in [7, 11) is 0. The fraction of sp³-hybridized carbons (Fsp3) is 0.154. The quantitative estimate of drug-likeness (QED) is 0.680. The number of rotatable bonds is 1. The van der Waals surface area contributed by atoms with Crippen molar-refractivity contribution in [1.29, 1.82) is 0 Å². The molecule has 0 aliphatic carbocycles. The average Bonchev–Trinajstić information content (AvgIpc) is 2.16. The van der Waals surface area contributed by atoms with Crippen molar-refractivity contribution in [2.75, 3.05) is 0 Å². The molecule has 2 aromatic rings. The Bertz CT molecular complexity index is 471. The SMILES string of the molecule is Cc1c[c]([Bi])nc(-c2ccccc2C)c1. The second kappa shape index (κ2) is 4.41. The summed E-state index contributed by atoms with van der Waals surface area (Å²) in [6.07, 6.45) is 0. The van der Waals surface area contributed by atoms with Crippen LogP contribution in [-0.4, -0.2) is 29.7 Å². The molecule has 15 heavy (non-hydrogen) atoms. The molecule has 0 N–H and O–H groups in total. The number of benzene rings is 1. The van der Waals surface area contributed by atoms with Gasteiger partial charge in [-0.05, 0) is 0 Å². The van der Waals surface area contributed by atoms with Gasteiger partial charge in [-0.3, -0.25) is 0 Å². The Labute approximate surface area is 105 Å². The molecular formula is C13H12BiN. The third kappa shape index (κ3) is 2.44. The van der Waals surface area contributed by atoms with E-state index in [4.69, 9.17) is 0 Å². The summed E-state index contributed by atoms with van der Waals surface area (Å²) < 4.78 is 1.19. The summed E-state index contributed by atoms with van der Waals surface area (Å²) in [4.78, 5) is 4.61. The zero-order chi connectivity index (χ0) is 10.8. The first-order valence-corrected chi connectivity index (χ1v) is 6.64. The van der Waals surface area contributed by atoms with Gasteiger partial charge in [0.15, 0.2) is 0 Å². The van der Waals surface area contributed by atoms with E-state index < -0.39 is 0 Å². The van der Waals surface area contributed by atoms with Gasteiger partial charge in [-0.25, -0.2) is 0 Å². The molecule has 2 rings (SSSR count). The Morgan fingerprint density at radius 2 is 1.80 bits per heavy atom. The van der Waals surface area contributed by atoms with Gasteiger partial charge < -0.3 is 0 Å². The molecule has 1 nitrogen and oxygen atoms in total. The van der Waals surface area contributed by atoms with E-state index in [1.54, 1.807) is 0 Å². The minimum absolute atomic E-state index is 1.10. The first-order chi connectivity index (χ1) is 7.16. The molecule has 0 unspecified atom stereocenters. The molecule has 0 aliphatic rings. The Morgan fingerprint density at radius 1 is 1.07 bits per heavy atom. The fourth-order valence-electron chi connectivity index (χ4n) is 1.65. The van der Waals surface area contributed by atoms with Gasteiger partial charge in [-0.2, -0.15) is 0 Å². The fourth-order valence-corrected chi connectivity index (χ4v) is 2.86. The number of aromatic nitrogens is 1. The third-order valence-corrected chi connectivity index (χ3v) is 3.27. The van der Waals surface area contributed by atoms with E-state index in [2.05, 4.69) is 55.2 Å². The Hall–Kier alpha value is -0.747. The van der Waals surface area contributed by atoms with E-state index in [1.807, 2.05) is 0 Å². The number of hydrogen-bond acceptors (Lipinski definition) is 1. The zero-order valence-electron chi connectivity index (χ0n) is 8.86. The molecule has 0 aliphatic heterocycles. The molecule has 2 heteroatoms. The van der Waals surface area contributed by atoms with Crippen LogP contribution in [0.4, 0.5) is 0 Å². The van der Waals surface area contributed by atoms with Crippen molar-refractivity contribution in [1.82, 2.24) is 4.98 Å². The van der Waals surface area contributed by atoms with Crippen LogP contribution in [0.1, 0.15) is 11.1 Å². The van der Waals surface area contributed by atoms with Crippen LogP contribution < -0.4 is 3.40 Å². The van der Waals surface area contributed by atoms with Crippen LogP contribution >= 0.6 is 0 Å². The number of aryl methyl sites for hydroxylation is 2. The minimum atomic E-state index is 1.10. The van der Waals surface area contributed by atoms with Crippen LogP contribution in [0, 0.1) is 13.8 Å². The summed E-state index contributed by atoms with van der Waals surface area (Å²) in [5.41, 5.74) is 4.92. The number of nitrogens with zero attached hydrogens (tertiary/aromatic N) is 1. The maximum absolute atomic E-state index is 4.61. The van der Waals surface area contributed by atoms with Gasteiger partial charge in [0, 0.05) is 0 Å². The summed E-state index contributed by atoms with van der Waals surface area (Å²) >= 11 is 1.21. The monoisotopic (exact) mass is 391 g/mol. The molecular weight excluding hydrogens is 379 g/mol. The molecule has 2 radical (unpaired) electrons. The Balaban J connectivity index is 2.59. The molecule has 1 heterocycles. The van der Waals surface area contributed by atoms with E-state index in [0.29, 0.717) is 0 Å². The molecule has 74 valence electrons. The first-order valence-electron chi connectivity index (χ1n) is 4.90. The maximum atomic E-state index is 4.61. The van der Waals surface area contributed by atoms with Crippen molar-refractivity contribution in [3.63, 3.8) is 0 Å². The number of pyridine rings is 1. The predicted molar refractivity (Wildman–Crippen MR) is 64.5 cm³/mol. The van der Waals surface area contributed by atoms with Gasteiger partial charge in [0.2, 0.25) is 0 Å². The van der Waals surface area contributed by atoms with E-state index in [9.17, 15) is 0 Å². The second-order valence-corrected chi connectivity index (χ2v) is 5.48.